The van der Waals surface area contributed by atoms with Crippen molar-refractivity contribution in [2.24, 2.45) is 0 Å². The van der Waals surface area contributed by atoms with Crippen LogP contribution in [0.15, 0.2) is 30.5 Å². The molecule has 1 N–H and O–H groups in total. The molecule has 1 aromatic carbocycles. The SMILES string of the molecule is CCn1nccc1C(=O)Nc1ccc([N+](=O)[O-])cc1OC. The molecule has 0 saturated carbocycles. The van der Waals surface area contributed by atoms with E-state index in [0.717, 1.165) is 0 Å². The van der Waals surface area contributed by atoms with Gasteiger partial charge in [-0.25, -0.2) is 0 Å². The Hall–Kier alpha value is -2.90. The normalized spacial score (nSPS) is 10.2. The average Bonchev–Trinajstić information content (AvgIpc) is 2.95. The van der Waals surface area contributed by atoms with Crippen LogP contribution in [-0.2, 0) is 6.54 Å². The van der Waals surface area contributed by atoms with Crippen molar-refractivity contribution >= 4 is 17.3 Å². The number of rotatable bonds is 5. The zero-order chi connectivity index (χ0) is 15.4. The summed E-state index contributed by atoms with van der Waals surface area (Å²) < 4.78 is 6.62. The lowest BCUT2D eigenvalue weighted by atomic mass is 10.2. The van der Waals surface area contributed by atoms with Crippen LogP contribution in [0.2, 0.25) is 0 Å². The van der Waals surface area contributed by atoms with Crippen LogP contribution in [-0.4, -0.2) is 27.7 Å². The number of carbonyl (C=O) groups is 1. The van der Waals surface area contributed by atoms with Gasteiger partial charge in [0, 0.05) is 18.8 Å². The minimum Gasteiger partial charge on any atom is -0.494 e. The first kappa shape index (κ1) is 14.5. The smallest absolute Gasteiger partial charge is 0.274 e. The van der Waals surface area contributed by atoms with Crippen LogP contribution >= 0.6 is 0 Å². The number of carbonyl (C=O) groups excluding carboxylic acids is 1. The summed E-state index contributed by atoms with van der Waals surface area (Å²) in [6.07, 6.45) is 1.53. The average molecular weight is 290 g/mol. The molecule has 0 aliphatic rings. The van der Waals surface area contributed by atoms with E-state index in [9.17, 15) is 14.9 Å². The number of nitro groups is 1. The van der Waals surface area contributed by atoms with Gasteiger partial charge in [-0.2, -0.15) is 5.10 Å². The van der Waals surface area contributed by atoms with Gasteiger partial charge in [-0.3, -0.25) is 19.6 Å². The molecule has 0 radical (unpaired) electrons. The highest BCUT2D eigenvalue weighted by Gasteiger charge is 2.16. The zero-order valence-corrected chi connectivity index (χ0v) is 11.6. The van der Waals surface area contributed by atoms with Crippen molar-refractivity contribution in [1.29, 1.82) is 0 Å². The molecule has 0 unspecified atom stereocenters. The predicted molar refractivity (Wildman–Crippen MR) is 75.5 cm³/mol. The summed E-state index contributed by atoms with van der Waals surface area (Å²) in [7, 11) is 1.38. The van der Waals surface area contributed by atoms with Gasteiger partial charge in [0.25, 0.3) is 11.6 Å². The van der Waals surface area contributed by atoms with Gasteiger partial charge in [-0.15, -0.1) is 0 Å². The number of hydrogen-bond acceptors (Lipinski definition) is 5. The summed E-state index contributed by atoms with van der Waals surface area (Å²) in [6, 6.07) is 5.58. The first-order valence-corrected chi connectivity index (χ1v) is 6.22. The maximum Gasteiger partial charge on any atom is 0.274 e. The summed E-state index contributed by atoms with van der Waals surface area (Å²) in [5.41, 5.74) is 0.651. The third-order valence-corrected chi connectivity index (χ3v) is 2.89. The summed E-state index contributed by atoms with van der Waals surface area (Å²) in [4.78, 5) is 22.4. The highest BCUT2D eigenvalue weighted by molar-refractivity contribution is 6.03. The van der Waals surface area contributed by atoms with Crippen LogP contribution in [0.25, 0.3) is 0 Å². The number of aryl methyl sites for hydroxylation is 1. The number of benzene rings is 1. The Morgan fingerprint density at radius 3 is 2.86 bits per heavy atom. The number of anilines is 1. The molecule has 1 aromatic heterocycles. The molecule has 0 aliphatic carbocycles. The molecule has 0 aliphatic heterocycles. The molecule has 110 valence electrons. The van der Waals surface area contributed by atoms with E-state index in [-0.39, 0.29) is 17.3 Å². The summed E-state index contributed by atoms with van der Waals surface area (Å²) in [5.74, 6) is -0.137. The van der Waals surface area contributed by atoms with Crippen molar-refractivity contribution in [2.45, 2.75) is 13.5 Å². The summed E-state index contributed by atoms with van der Waals surface area (Å²) in [5, 5.41) is 17.4. The molecule has 2 aromatic rings. The van der Waals surface area contributed by atoms with Crippen molar-refractivity contribution in [3.8, 4) is 5.75 Å². The number of aromatic nitrogens is 2. The van der Waals surface area contributed by atoms with Crippen LogP contribution in [0.4, 0.5) is 11.4 Å². The van der Waals surface area contributed by atoms with E-state index in [2.05, 4.69) is 10.4 Å². The molecule has 0 spiro atoms. The van der Waals surface area contributed by atoms with Crippen LogP contribution < -0.4 is 10.1 Å². The second-order valence-corrected chi connectivity index (χ2v) is 4.13. The third kappa shape index (κ3) is 2.99. The van der Waals surface area contributed by atoms with E-state index in [4.69, 9.17) is 4.74 Å². The van der Waals surface area contributed by atoms with Gasteiger partial charge in [0.1, 0.15) is 11.4 Å². The number of amides is 1. The highest BCUT2D eigenvalue weighted by atomic mass is 16.6. The Kier molecular flexibility index (Phi) is 4.17. The molecule has 1 heterocycles. The van der Waals surface area contributed by atoms with E-state index < -0.39 is 4.92 Å². The van der Waals surface area contributed by atoms with Crippen molar-refractivity contribution in [2.75, 3.05) is 12.4 Å². The first-order chi connectivity index (χ1) is 10.1. The fraction of sp³-hybridized carbons (Fsp3) is 0.231. The number of methoxy groups -OCH3 is 1. The van der Waals surface area contributed by atoms with Crippen molar-refractivity contribution < 1.29 is 14.5 Å². The second kappa shape index (κ2) is 6.04. The Labute approximate surface area is 120 Å². The maximum atomic E-state index is 12.2. The van der Waals surface area contributed by atoms with E-state index in [1.54, 1.807) is 10.7 Å². The minimum absolute atomic E-state index is 0.108. The lowest BCUT2D eigenvalue weighted by molar-refractivity contribution is -0.384. The van der Waals surface area contributed by atoms with Gasteiger partial charge in [0.05, 0.1) is 23.8 Å². The molecule has 2 rings (SSSR count). The lowest BCUT2D eigenvalue weighted by Gasteiger charge is -2.10. The fourth-order valence-electron chi connectivity index (χ4n) is 1.86. The van der Waals surface area contributed by atoms with Gasteiger partial charge in [-0.05, 0) is 19.1 Å². The quantitative estimate of drug-likeness (QED) is 0.671. The molecule has 0 fully saturated rings. The van der Waals surface area contributed by atoms with Gasteiger partial charge in [0.2, 0.25) is 0 Å². The van der Waals surface area contributed by atoms with Gasteiger partial charge < -0.3 is 10.1 Å². The number of ether oxygens (including phenoxy) is 1. The number of hydrogen-bond donors (Lipinski definition) is 1. The van der Waals surface area contributed by atoms with E-state index in [1.807, 2.05) is 6.92 Å². The number of nitrogens with zero attached hydrogens (tertiary/aromatic N) is 3. The Balaban J connectivity index is 2.27. The standard InChI is InChI=1S/C13H14N4O4/c1-3-16-11(6-7-14-16)13(18)15-10-5-4-9(17(19)20)8-12(10)21-2/h4-8H,3H2,1-2H3,(H,15,18). The van der Waals surface area contributed by atoms with Crippen molar-refractivity contribution in [3.05, 3.63) is 46.3 Å². The van der Waals surface area contributed by atoms with Crippen LogP contribution in [0.1, 0.15) is 17.4 Å². The van der Waals surface area contributed by atoms with Crippen molar-refractivity contribution in [1.82, 2.24) is 9.78 Å². The van der Waals surface area contributed by atoms with Crippen LogP contribution in [0.5, 0.6) is 5.75 Å². The van der Waals surface area contributed by atoms with Crippen molar-refractivity contribution in [3.63, 3.8) is 0 Å². The van der Waals surface area contributed by atoms with E-state index in [0.29, 0.717) is 17.9 Å². The monoisotopic (exact) mass is 290 g/mol. The predicted octanol–water partition coefficient (Wildman–Crippen LogP) is 2.07. The van der Waals surface area contributed by atoms with Crippen LogP contribution in [0.3, 0.4) is 0 Å². The molecule has 0 saturated heterocycles. The molecule has 8 heteroatoms. The highest BCUT2D eigenvalue weighted by Crippen LogP contribution is 2.29. The molecule has 8 nitrogen and oxygen atoms in total. The summed E-state index contributed by atoms with van der Waals surface area (Å²) in [6.45, 7) is 2.43. The van der Waals surface area contributed by atoms with Gasteiger partial charge in [0.15, 0.2) is 0 Å². The third-order valence-electron chi connectivity index (χ3n) is 2.89. The zero-order valence-electron chi connectivity index (χ0n) is 11.6. The fourth-order valence-corrected chi connectivity index (χ4v) is 1.86. The number of nitrogens with one attached hydrogen (secondary N) is 1. The molecular weight excluding hydrogens is 276 g/mol. The topological polar surface area (TPSA) is 99.3 Å². The van der Waals surface area contributed by atoms with Gasteiger partial charge in [-0.1, -0.05) is 0 Å². The Bertz CT molecular complexity index is 681. The Morgan fingerprint density at radius 2 is 2.24 bits per heavy atom. The van der Waals surface area contributed by atoms with Gasteiger partial charge >= 0.3 is 0 Å². The number of nitro benzene ring substituents is 1. The number of non-ortho nitro benzene ring substituents is 1. The summed E-state index contributed by atoms with van der Waals surface area (Å²) >= 11 is 0. The maximum absolute atomic E-state index is 12.2. The largest absolute Gasteiger partial charge is 0.494 e. The molecular formula is C13H14N4O4. The molecule has 1 amide bonds. The van der Waals surface area contributed by atoms with E-state index >= 15 is 0 Å². The van der Waals surface area contributed by atoms with E-state index in [1.165, 1.54) is 31.5 Å². The Morgan fingerprint density at radius 1 is 1.48 bits per heavy atom. The second-order valence-electron chi connectivity index (χ2n) is 4.13. The first-order valence-electron chi connectivity index (χ1n) is 6.22. The molecule has 21 heavy (non-hydrogen) atoms. The lowest BCUT2D eigenvalue weighted by Crippen LogP contribution is -2.17. The minimum atomic E-state index is -0.528. The molecule has 0 atom stereocenters. The van der Waals surface area contributed by atoms with Crippen LogP contribution in [0, 0.1) is 10.1 Å². The molecule has 0 bridgehead atoms.